The number of halogens is 1. The first-order chi connectivity index (χ1) is 13.2. The Morgan fingerprint density at radius 3 is 2.39 bits per heavy atom. The van der Waals surface area contributed by atoms with E-state index in [-0.39, 0.29) is 29.2 Å². The molecule has 6 nitrogen and oxygen atoms in total. The zero-order chi connectivity index (χ0) is 20.6. The Bertz CT molecular complexity index is 662. The zero-order valence-electron chi connectivity index (χ0n) is 17.4. The normalized spacial score (nSPS) is 17.1. The highest BCUT2D eigenvalue weighted by Gasteiger charge is 2.34. The highest BCUT2D eigenvalue weighted by molar-refractivity contribution is 5.85. The smallest absolute Gasteiger partial charge is 0.242 e. The maximum Gasteiger partial charge on any atom is 0.242 e. The fourth-order valence-electron chi connectivity index (χ4n) is 3.34. The topological polar surface area (TPSA) is 74.8 Å². The van der Waals surface area contributed by atoms with Crippen LogP contribution >= 0.6 is 0 Å². The third kappa shape index (κ3) is 6.78. The number of ether oxygens (including phenoxy) is 1. The van der Waals surface area contributed by atoms with Crippen molar-refractivity contribution in [1.82, 2.24) is 16.0 Å². The summed E-state index contributed by atoms with van der Waals surface area (Å²) in [7, 11) is 0. The maximum absolute atomic E-state index is 13.4. The van der Waals surface area contributed by atoms with Crippen LogP contribution in [0.5, 0.6) is 0 Å². The second-order valence-electron chi connectivity index (χ2n) is 8.25. The Labute approximate surface area is 167 Å². The van der Waals surface area contributed by atoms with E-state index in [0.717, 1.165) is 18.4 Å². The van der Waals surface area contributed by atoms with Crippen LogP contribution in [-0.2, 0) is 14.9 Å². The Kier molecular flexibility index (Phi) is 7.80. The number of hydrogen-bond acceptors (Lipinski definition) is 3. The van der Waals surface area contributed by atoms with Crippen LogP contribution in [0.1, 0.15) is 46.1 Å². The predicted molar refractivity (Wildman–Crippen MR) is 110 cm³/mol. The van der Waals surface area contributed by atoms with Gasteiger partial charge in [-0.2, -0.15) is 0 Å². The molecule has 0 unspecified atom stereocenters. The lowest BCUT2D eigenvalue weighted by Gasteiger charge is -2.38. The molecule has 2 rings (SSSR count). The summed E-state index contributed by atoms with van der Waals surface area (Å²) in [4.78, 5) is 16.5. The standard InChI is InChI=1S/C21H33FN4O2/c1-5-23-19(24-14-18(27)26-20(2,3)4)25-15-21(10-12-28-13-11-21)16-6-8-17(22)9-7-16/h6-9H,5,10-15H2,1-4H3,(H,26,27)(H2,23,24,25). The van der Waals surface area contributed by atoms with E-state index in [4.69, 9.17) is 4.74 Å². The Morgan fingerprint density at radius 1 is 1.18 bits per heavy atom. The van der Waals surface area contributed by atoms with Gasteiger partial charge >= 0.3 is 0 Å². The number of nitrogens with one attached hydrogen (secondary N) is 3. The van der Waals surface area contributed by atoms with E-state index in [1.54, 1.807) is 0 Å². The molecule has 0 bridgehead atoms. The molecular weight excluding hydrogens is 359 g/mol. The molecule has 28 heavy (non-hydrogen) atoms. The highest BCUT2D eigenvalue weighted by Crippen LogP contribution is 2.34. The molecule has 1 aliphatic rings. The number of guanidine groups is 1. The molecule has 1 amide bonds. The first kappa shape index (κ1) is 22.1. The number of benzene rings is 1. The van der Waals surface area contributed by atoms with Crippen molar-refractivity contribution < 1.29 is 13.9 Å². The number of nitrogens with zero attached hydrogens (tertiary/aromatic N) is 1. The van der Waals surface area contributed by atoms with Crippen LogP contribution in [0.15, 0.2) is 29.3 Å². The molecule has 1 heterocycles. The van der Waals surface area contributed by atoms with E-state index in [1.165, 1.54) is 12.1 Å². The zero-order valence-corrected chi connectivity index (χ0v) is 17.4. The van der Waals surface area contributed by atoms with Crippen LogP contribution < -0.4 is 16.0 Å². The quantitative estimate of drug-likeness (QED) is 0.513. The Balaban J connectivity index is 2.08. The van der Waals surface area contributed by atoms with E-state index in [1.807, 2.05) is 39.8 Å². The van der Waals surface area contributed by atoms with E-state index in [9.17, 15) is 9.18 Å². The second kappa shape index (κ2) is 9.87. The molecule has 7 heteroatoms. The van der Waals surface area contributed by atoms with Crippen LogP contribution in [0.3, 0.4) is 0 Å². The lowest BCUT2D eigenvalue weighted by molar-refractivity contribution is -0.121. The number of carbonyl (C=O) groups is 1. The summed E-state index contributed by atoms with van der Waals surface area (Å²) in [6.45, 7) is 10.5. The SMILES string of the molecule is CCNC(=NCC(=O)NC(C)(C)C)NCC1(c2ccc(F)cc2)CCOCC1. The molecule has 1 fully saturated rings. The molecule has 1 saturated heterocycles. The first-order valence-corrected chi connectivity index (χ1v) is 9.91. The third-order valence-electron chi connectivity index (χ3n) is 4.74. The van der Waals surface area contributed by atoms with Gasteiger partial charge < -0.3 is 20.7 Å². The van der Waals surface area contributed by atoms with E-state index < -0.39 is 0 Å². The molecule has 0 atom stereocenters. The fourth-order valence-corrected chi connectivity index (χ4v) is 3.34. The van der Waals surface area contributed by atoms with Crippen molar-refractivity contribution in [3.63, 3.8) is 0 Å². The number of hydrogen-bond donors (Lipinski definition) is 3. The minimum Gasteiger partial charge on any atom is -0.381 e. The summed E-state index contributed by atoms with van der Waals surface area (Å²) < 4.78 is 18.9. The van der Waals surface area contributed by atoms with Gasteiger partial charge in [0.15, 0.2) is 5.96 Å². The van der Waals surface area contributed by atoms with E-state index in [2.05, 4.69) is 20.9 Å². The van der Waals surface area contributed by atoms with Gasteiger partial charge in [-0.1, -0.05) is 12.1 Å². The summed E-state index contributed by atoms with van der Waals surface area (Å²) in [5.41, 5.74) is 0.647. The summed E-state index contributed by atoms with van der Waals surface area (Å²) in [5, 5.41) is 9.47. The minimum atomic E-state index is -0.285. The third-order valence-corrected chi connectivity index (χ3v) is 4.74. The number of amides is 1. The highest BCUT2D eigenvalue weighted by atomic mass is 19.1. The average molecular weight is 393 g/mol. The van der Waals surface area contributed by atoms with Gasteiger partial charge in [-0.15, -0.1) is 0 Å². The van der Waals surface area contributed by atoms with Gasteiger partial charge in [-0.05, 0) is 58.2 Å². The van der Waals surface area contributed by atoms with Crippen molar-refractivity contribution in [3.8, 4) is 0 Å². The van der Waals surface area contributed by atoms with Crippen molar-refractivity contribution in [1.29, 1.82) is 0 Å². The van der Waals surface area contributed by atoms with Crippen LogP contribution in [-0.4, -0.2) is 50.3 Å². The summed E-state index contributed by atoms with van der Waals surface area (Å²) in [6, 6.07) is 6.71. The van der Waals surface area contributed by atoms with Crippen LogP contribution in [0.4, 0.5) is 4.39 Å². The first-order valence-electron chi connectivity index (χ1n) is 9.91. The minimum absolute atomic E-state index is 0.0548. The van der Waals surface area contributed by atoms with Gasteiger partial charge in [0.25, 0.3) is 0 Å². The molecule has 0 saturated carbocycles. The maximum atomic E-state index is 13.4. The van der Waals surface area contributed by atoms with Gasteiger partial charge in [-0.3, -0.25) is 4.79 Å². The molecule has 0 aromatic heterocycles. The predicted octanol–water partition coefficient (Wildman–Crippen LogP) is 2.34. The molecular formula is C21H33FN4O2. The number of aliphatic imine (C=N–C) groups is 1. The fraction of sp³-hybridized carbons (Fsp3) is 0.619. The molecule has 0 radical (unpaired) electrons. The van der Waals surface area contributed by atoms with E-state index in [0.29, 0.717) is 32.3 Å². The van der Waals surface area contributed by atoms with Gasteiger partial charge in [0.05, 0.1) is 0 Å². The summed E-state index contributed by atoms with van der Waals surface area (Å²) in [5.74, 6) is 0.238. The van der Waals surface area contributed by atoms with Gasteiger partial charge in [0.2, 0.25) is 5.91 Å². The van der Waals surface area contributed by atoms with E-state index >= 15 is 0 Å². The van der Waals surface area contributed by atoms with Crippen molar-refractivity contribution >= 4 is 11.9 Å². The molecule has 1 aromatic rings. The Hall–Kier alpha value is -2.15. The Morgan fingerprint density at radius 2 is 1.82 bits per heavy atom. The summed E-state index contributed by atoms with van der Waals surface area (Å²) >= 11 is 0. The molecule has 1 aromatic carbocycles. The van der Waals surface area contributed by atoms with Crippen molar-refractivity contribution in [2.45, 2.75) is 51.5 Å². The molecule has 156 valence electrons. The summed E-state index contributed by atoms with van der Waals surface area (Å²) in [6.07, 6.45) is 1.69. The van der Waals surface area contributed by atoms with Crippen LogP contribution in [0.2, 0.25) is 0 Å². The monoisotopic (exact) mass is 392 g/mol. The van der Waals surface area contributed by atoms with Gasteiger partial charge in [0, 0.05) is 37.3 Å². The van der Waals surface area contributed by atoms with Crippen molar-refractivity contribution in [3.05, 3.63) is 35.6 Å². The molecule has 0 spiro atoms. The van der Waals surface area contributed by atoms with Gasteiger partial charge in [0.1, 0.15) is 12.4 Å². The molecule has 3 N–H and O–H groups in total. The van der Waals surface area contributed by atoms with Crippen LogP contribution in [0.25, 0.3) is 0 Å². The second-order valence-corrected chi connectivity index (χ2v) is 8.25. The number of carbonyl (C=O) groups excluding carboxylic acids is 1. The van der Waals surface area contributed by atoms with Gasteiger partial charge in [-0.25, -0.2) is 9.38 Å². The van der Waals surface area contributed by atoms with Crippen LogP contribution in [0, 0.1) is 5.82 Å². The largest absolute Gasteiger partial charge is 0.381 e. The lowest BCUT2D eigenvalue weighted by atomic mass is 9.74. The molecule has 0 aliphatic carbocycles. The van der Waals surface area contributed by atoms with Crippen molar-refractivity contribution in [2.24, 2.45) is 4.99 Å². The molecule has 1 aliphatic heterocycles. The lowest BCUT2D eigenvalue weighted by Crippen LogP contribution is -2.48. The number of rotatable bonds is 6. The van der Waals surface area contributed by atoms with Crippen molar-refractivity contribution in [2.75, 3.05) is 32.8 Å². The average Bonchev–Trinajstić information content (AvgIpc) is 2.64.